The fourth-order valence-corrected chi connectivity index (χ4v) is 8.47. The molecule has 4 aliphatic heterocycles. The number of nitrogens with zero attached hydrogens (tertiary/aromatic N) is 2. The van der Waals surface area contributed by atoms with Crippen molar-refractivity contribution in [3.8, 4) is 0 Å². The van der Waals surface area contributed by atoms with E-state index in [1.54, 1.807) is 61.5 Å². The van der Waals surface area contributed by atoms with Crippen molar-refractivity contribution in [2.24, 2.45) is 11.8 Å². The lowest BCUT2D eigenvalue weighted by Crippen LogP contribution is -2.57. The number of esters is 1. The highest BCUT2D eigenvalue weighted by Crippen LogP contribution is 2.57. The molecule has 8 atom stereocenters. The van der Waals surface area contributed by atoms with E-state index in [-0.39, 0.29) is 18.9 Å². The highest BCUT2D eigenvalue weighted by Gasteiger charge is 2.74. The summed E-state index contributed by atoms with van der Waals surface area (Å²) >= 11 is 6.78. The third-order valence-corrected chi connectivity index (χ3v) is 10.7. The minimum absolute atomic E-state index is 0.0739. The summed E-state index contributed by atoms with van der Waals surface area (Å²) in [6.07, 6.45) is 5.92. The highest BCUT2D eigenvalue weighted by molar-refractivity contribution is 6.34. The normalized spacial score (nSPS) is 30.6. The summed E-state index contributed by atoms with van der Waals surface area (Å²) in [6.45, 7) is 3.21. The van der Waals surface area contributed by atoms with Crippen LogP contribution in [0.25, 0.3) is 0 Å². The van der Waals surface area contributed by atoms with Gasteiger partial charge < -0.3 is 29.7 Å². The number of rotatable bonds is 5. The summed E-state index contributed by atoms with van der Waals surface area (Å²) in [6, 6.07) is 20.7. The number of aliphatic hydroxyl groups excluding tert-OH is 1. The van der Waals surface area contributed by atoms with Crippen LogP contribution in [0.5, 0.6) is 0 Å². The average Bonchev–Trinajstić information content (AvgIpc) is 3.77. The molecule has 4 aliphatic rings. The number of fused-ring (bicyclic) bond motifs is 2. The highest BCUT2D eigenvalue weighted by atomic mass is 35.5. The molecule has 0 unspecified atom stereocenters. The van der Waals surface area contributed by atoms with Crippen molar-refractivity contribution < 1.29 is 33.8 Å². The Hall–Kier alpha value is -4.77. The Morgan fingerprint density at radius 2 is 1.69 bits per heavy atom. The fraction of sp³-hybridized carbons (Fsp3) is 0.350. The zero-order valence-corrected chi connectivity index (χ0v) is 29.1. The van der Waals surface area contributed by atoms with E-state index < -0.39 is 72.2 Å². The first kappa shape index (κ1) is 34.7. The molecule has 264 valence electrons. The Kier molecular flexibility index (Phi) is 9.58. The molecular weight excluding hydrogens is 670 g/mol. The van der Waals surface area contributed by atoms with Crippen LogP contribution < -0.4 is 10.2 Å². The lowest BCUT2D eigenvalue weighted by atomic mass is 9.74. The maximum Gasteiger partial charge on any atom is 0.313 e. The summed E-state index contributed by atoms with van der Waals surface area (Å²) in [5.41, 5.74) is 0.947. The smallest absolute Gasteiger partial charge is 0.313 e. The van der Waals surface area contributed by atoms with Crippen molar-refractivity contribution in [2.45, 2.75) is 62.6 Å². The van der Waals surface area contributed by atoms with Gasteiger partial charge in [0.15, 0.2) is 0 Å². The molecule has 0 aliphatic carbocycles. The second-order valence-electron chi connectivity index (χ2n) is 13.5. The topological polar surface area (TPSA) is 125 Å². The van der Waals surface area contributed by atoms with Gasteiger partial charge in [-0.2, -0.15) is 0 Å². The Morgan fingerprint density at radius 1 is 0.961 bits per heavy atom. The number of carbonyl (C=O) groups excluding carboxylic acids is 4. The lowest BCUT2D eigenvalue weighted by Gasteiger charge is -2.39. The predicted octanol–water partition coefficient (Wildman–Crippen LogP) is 5.00. The number of carbonyl (C=O) groups is 4. The zero-order chi connectivity index (χ0) is 35.9. The van der Waals surface area contributed by atoms with Gasteiger partial charge in [-0.05, 0) is 43.0 Å². The van der Waals surface area contributed by atoms with Crippen LogP contribution in [0.3, 0.4) is 0 Å². The molecule has 0 saturated carbocycles. The molecule has 0 radical (unpaired) electrons. The predicted molar refractivity (Wildman–Crippen MR) is 190 cm³/mol. The van der Waals surface area contributed by atoms with Crippen molar-refractivity contribution in [1.29, 1.82) is 0 Å². The second-order valence-corrected chi connectivity index (χ2v) is 14.0. The Bertz CT molecular complexity index is 1860. The number of benzene rings is 3. The van der Waals surface area contributed by atoms with Crippen LogP contribution in [0.2, 0.25) is 5.02 Å². The number of nitrogens with one attached hydrogen (secondary N) is 1. The number of hydrogen-bond donors (Lipinski definition) is 2. The maximum absolute atomic E-state index is 15.3. The number of anilines is 1. The first-order valence-electron chi connectivity index (χ1n) is 17.3. The van der Waals surface area contributed by atoms with Crippen LogP contribution in [0.1, 0.15) is 48.6 Å². The molecule has 11 heteroatoms. The van der Waals surface area contributed by atoms with Gasteiger partial charge in [-0.3, -0.25) is 19.2 Å². The number of allylic oxidation sites excluding steroid dienone is 1. The molecule has 4 heterocycles. The van der Waals surface area contributed by atoms with Crippen molar-refractivity contribution in [3.05, 3.63) is 125 Å². The largest absolute Gasteiger partial charge is 0.455 e. The van der Waals surface area contributed by atoms with E-state index in [0.717, 1.165) is 5.56 Å². The van der Waals surface area contributed by atoms with Crippen molar-refractivity contribution in [3.63, 3.8) is 0 Å². The van der Waals surface area contributed by atoms with E-state index in [4.69, 9.17) is 21.1 Å². The van der Waals surface area contributed by atoms with Gasteiger partial charge in [-0.1, -0.05) is 109 Å². The average molecular weight is 710 g/mol. The van der Waals surface area contributed by atoms with Crippen molar-refractivity contribution in [2.75, 3.05) is 18.1 Å². The van der Waals surface area contributed by atoms with Gasteiger partial charge in [0.1, 0.15) is 23.7 Å². The van der Waals surface area contributed by atoms with Crippen LogP contribution in [-0.4, -0.2) is 70.6 Å². The molecule has 2 fully saturated rings. The second kappa shape index (κ2) is 14.1. The zero-order valence-electron chi connectivity index (χ0n) is 28.4. The summed E-state index contributed by atoms with van der Waals surface area (Å²) in [5.74, 6) is -4.13. The van der Waals surface area contributed by atoms with Gasteiger partial charge in [0.25, 0.3) is 5.91 Å². The van der Waals surface area contributed by atoms with Gasteiger partial charge in [0, 0.05) is 13.0 Å². The standard InChI is InChI=1S/C40H40ClN3O7/c1-24-13-12-18-28(41)34(24)43-22-11-5-10-19-31(46)42-25(2)35(27-16-8-4-9-17-27)50-39(49)32-30-20-21-40(51-30)33(32)37(47)44(36(40)38(43)48)29(23-45)26-14-6-3-7-15-26/h3-9,11-18,20-21,25,29-30,32-33,35-36,45H,10,19,22-23H2,1-2H3,(H,42,46)/b11-5-/t25-,29+,30+,32-,33-,35+,36+,40-/m0/s1. The Balaban J connectivity index is 1.39. The number of halogens is 1. The molecule has 2 N–H and O–H groups in total. The molecule has 3 aromatic carbocycles. The Morgan fingerprint density at radius 3 is 2.39 bits per heavy atom. The first-order valence-corrected chi connectivity index (χ1v) is 17.7. The van der Waals surface area contributed by atoms with E-state index in [9.17, 15) is 19.5 Å². The number of cyclic esters (lactones) is 1. The molecule has 2 saturated heterocycles. The number of aliphatic hydroxyl groups is 1. The fourth-order valence-electron chi connectivity index (χ4n) is 8.15. The molecule has 3 amide bonds. The van der Waals surface area contributed by atoms with E-state index in [1.165, 1.54) is 9.80 Å². The van der Waals surface area contributed by atoms with Gasteiger partial charge in [-0.25, -0.2) is 0 Å². The quantitative estimate of drug-likeness (QED) is 0.282. The van der Waals surface area contributed by atoms with E-state index >= 15 is 4.79 Å². The summed E-state index contributed by atoms with van der Waals surface area (Å²) in [4.78, 5) is 60.7. The number of aryl methyl sites for hydroxylation is 1. The third-order valence-electron chi connectivity index (χ3n) is 10.4. The molecule has 7 rings (SSSR count). The van der Waals surface area contributed by atoms with Crippen molar-refractivity contribution in [1.82, 2.24) is 10.2 Å². The minimum atomic E-state index is -1.54. The molecule has 1 spiro atoms. The minimum Gasteiger partial charge on any atom is -0.455 e. The third kappa shape index (κ3) is 6.05. The van der Waals surface area contributed by atoms with Crippen LogP contribution >= 0.6 is 11.6 Å². The lowest BCUT2D eigenvalue weighted by molar-refractivity contribution is -0.161. The first-order chi connectivity index (χ1) is 24.7. The molecule has 0 aromatic heterocycles. The summed E-state index contributed by atoms with van der Waals surface area (Å²) < 4.78 is 12.9. The van der Waals surface area contributed by atoms with Gasteiger partial charge >= 0.3 is 5.97 Å². The monoisotopic (exact) mass is 709 g/mol. The molecule has 51 heavy (non-hydrogen) atoms. The summed E-state index contributed by atoms with van der Waals surface area (Å²) in [7, 11) is 0. The molecular formula is C40H40ClN3O7. The van der Waals surface area contributed by atoms with Crippen LogP contribution in [0, 0.1) is 18.8 Å². The SMILES string of the molecule is Cc1cccc(Cl)c1N1C/C=C\CCC(=O)N[C@@H](C)[C@H](c2ccccc2)OC(=O)[C@@H]2[C@H]3C(=O)N([C@H](CO)c4ccccc4)[C@H](C1=O)[C@]31C=C[C@H]2O1. The molecule has 3 aromatic rings. The van der Waals surface area contributed by atoms with E-state index in [2.05, 4.69) is 5.32 Å². The molecule has 5 bridgehead atoms. The number of likely N-dealkylation sites (tertiary alicyclic amines) is 1. The summed E-state index contributed by atoms with van der Waals surface area (Å²) in [5, 5.41) is 14.2. The van der Waals surface area contributed by atoms with Crippen molar-refractivity contribution >= 4 is 41.0 Å². The number of ether oxygens (including phenoxy) is 2. The van der Waals surface area contributed by atoms with E-state index in [1.807, 2.05) is 55.5 Å². The molecule has 10 nitrogen and oxygen atoms in total. The Labute approximate surface area is 301 Å². The maximum atomic E-state index is 15.3. The van der Waals surface area contributed by atoms with Gasteiger partial charge in [0.2, 0.25) is 11.8 Å². The van der Waals surface area contributed by atoms with Gasteiger partial charge in [0.05, 0.1) is 41.4 Å². The van der Waals surface area contributed by atoms with E-state index in [0.29, 0.717) is 28.3 Å². The number of amides is 3. The van der Waals surface area contributed by atoms with Crippen LogP contribution in [0.15, 0.2) is 103 Å². The van der Waals surface area contributed by atoms with Gasteiger partial charge in [-0.15, -0.1) is 0 Å². The van der Waals surface area contributed by atoms with Crippen LogP contribution in [0.4, 0.5) is 5.69 Å². The number of hydrogen-bond acceptors (Lipinski definition) is 7. The van der Waals surface area contributed by atoms with Crippen LogP contribution in [-0.2, 0) is 28.7 Å². The number of para-hydroxylation sites is 1.